The van der Waals surface area contributed by atoms with Crippen LogP contribution in [0.25, 0.3) is 0 Å². The molecule has 0 heterocycles. The second-order valence-corrected chi connectivity index (χ2v) is 4.69. The highest BCUT2D eigenvalue weighted by Crippen LogP contribution is 2.20. The number of carbonyl (C=O) groups excluding carboxylic acids is 1. The normalized spacial score (nSPS) is 10.2. The van der Waals surface area contributed by atoms with Crippen molar-refractivity contribution in [2.45, 2.75) is 13.0 Å². The molecular weight excluding hydrogens is 305 g/mol. The van der Waals surface area contributed by atoms with E-state index >= 15 is 0 Å². The first-order chi connectivity index (χ1) is 11.0. The first-order valence-corrected chi connectivity index (χ1v) is 6.71. The van der Waals surface area contributed by atoms with E-state index < -0.39 is 16.7 Å². The minimum atomic E-state index is -0.604. The molecule has 0 saturated heterocycles. The topological polar surface area (TPSA) is 78.7 Å². The highest BCUT2D eigenvalue weighted by Gasteiger charge is 2.15. The van der Waals surface area contributed by atoms with Crippen LogP contribution >= 0.6 is 0 Å². The second-order valence-electron chi connectivity index (χ2n) is 4.69. The molecule has 6 nitrogen and oxygen atoms in total. The smallest absolute Gasteiger partial charge is 0.310 e. The van der Waals surface area contributed by atoms with Crippen molar-refractivity contribution in [2.75, 3.05) is 7.11 Å². The molecule has 2 aromatic rings. The van der Waals surface area contributed by atoms with E-state index in [4.69, 9.17) is 9.47 Å². The molecular formula is C16H14FNO5. The molecule has 0 spiro atoms. The van der Waals surface area contributed by atoms with Crippen LogP contribution < -0.4 is 4.74 Å². The molecule has 0 bridgehead atoms. The van der Waals surface area contributed by atoms with Gasteiger partial charge in [-0.25, -0.2) is 4.39 Å². The molecule has 23 heavy (non-hydrogen) atoms. The van der Waals surface area contributed by atoms with Crippen LogP contribution in [-0.4, -0.2) is 18.0 Å². The Morgan fingerprint density at radius 3 is 2.65 bits per heavy atom. The number of methoxy groups -OCH3 is 1. The molecule has 0 saturated carbocycles. The maximum atomic E-state index is 13.5. The minimum Gasteiger partial charge on any atom is -0.494 e. The quantitative estimate of drug-likeness (QED) is 0.464. The lowest BCUT2D eigenvalue weighted by atomic mass is 10.1. The van der Waals surface area contributed by atoms with E-state index in [2.05, 4.69) is 0 Å². The Bertz CT molecular complexity index is 732. The van der Waals surface area contributed by atoms with Crippen LogP contribution in [0.5, 0.6) is 5.75 Å². The third-order valence-electron chi connectivity index (χ3n) is 3.14. The monoisotopic (exact) mass is 319 g/mol. The van der Waals surface area contributed by atoms with Crippen molar-refractivity contribution < 1.29 is 23.6 Å². The van der Waals surface area contributed by atoms with Gasteiger partial charge in [-0.2, -0.15) is 0 Å². The van der Waals surface area contributed by atoms with Crippen molar-refractivity contribution in [3.05, 3.63) is 69.5 Å². The predicted molar refractivity (Wildman–Crippen MR) is 79.5 cm³/mol. The summed E-state index contributed by atoms with van der Waals surface area (Å²) in [5, 5.41) is 10.9. The van der Waals surface area contributed by atoms with Gasteiger partial charge >= 0.3 is 5.97 Å². The van der Waals surface area contributed by atoms with Crippen LogP contribution in [0.15, 0.2) is 42.5 Å². The molecule has 120 valence electrons. The number of esters is 1. The van der Waals surface area contributed by atoms with Crippen LogP contribution in [0.4, 0.5) is 10.1 Å². The van der Waals surface area contributed by atoms with E-state index in [9.17, 15) is 19.3 Å². The molecule has 0 N–H and O–H groups in total. The maximum absolute atomic E-state index is 13.5. The third-order valence-corrected chi connectivity index (χ3v) is 3.14. The Labute approximate surface area is 131 Å². The van der Waals surface area contributed by atoms with Gasteiger partial charge in [-0.1, -0.05) is 18.2 Å². The number of rotatable bonds is 6. The van der Waals surface area contributed by atoms with Gasteiger partial charge in [0, 0.05) is 6.07 Å². The zero-order valence-electron chi connectivity index (χ0n) is 12.3. The molecule has 0 radical (unpaired) electrons. The average molecular weight is 319 g/mol. The fourth-order valence-electron chi connectivity index (χ4n) is 2.01. The number of benzene rings is 2. The molecule has 0 amide bonds. The number of carbonyl (C=O) groups is 1. The van der Waals surface area contributed by atoms with Crippen LogP contribution in [0.2, 0.25) is 0 Å². The molecule has 7 heteroatoms. The van der Waals surface area contributed by atoms with E-state index in [1.165, 1.54) is 37.4 Å². The number of halogens is 1. The number of nitro groups is 1. The fourth-order valence-corrected chi connectivity index (χ4v) is 2.01. The van der Waals surface area contributed by atoms with Gasteiger partial charge in [0.05, 0.1) is 24.0 Å². The summed E-state index contributed by atoms with van der Waals surface area (Å²) >= 11 is 0. The summed E-state index contributed by atoms with van der Waals surface area (Å²) in [7, 11) is 1.35. The van der Waals surface area contributed by atoms with Gasteiger partial charge in [-0.3, -0.25) is 14.9 Å². The van der Waals surface area contributed by atoms with Crippen LogP contribution in [0.1, 0.15) is 11.1 Å². The van der Waals surface area contributed by atoms with Crippen molar-refractivity contribution in [2.24, 2.45) is 0 Å². The van der Waals surface area contributed by atoms with Gasteiger partial charge < -0.3 is 9.47 Å². The Balaban J connectivity index is 1.98. The Kier molecular flexibility index (Phi) is 5.24. The Morgan fingerprint density at radius 1 is 1.26 bits per heavy atom. The minimum absolute atomic E-state index is 0.0852. The van der Waals surface area contributed by atoms with Crippen molar-refractivity contribution in [1.29, 1.82) is 0 Å². The number of nitrogens with zero attached hydrogens (tertiary/aromatic N) is 1. The van der Waals surface area contributed by atoms with Gasteiger partial charge in [-0.05, 0) is 23.8 Å². The lowest BCUT2D eigenvalue weighted by Gasteiger charge is -2.07. The number of para-hydroxylation sites is 1. The second kappa shape index (κ2) is 7.35. The molecule has 0 atom stereocenters. The van der Waals surface area contributed by atoms with Crippen LogP contribution in [-0.2, 0) is 22.6 Å². The summed E-state index contributed by atoms with van der Waals surface area (Å²) < 4.78 is 23.4. The summed E-state index contributed by atoms with van der Waals surface area (Å²) in [5.74, 6) is -1.09. The first-order valence-electron chi connectivity index (χ1n) is 6.71. The molecule has 2 rings (SSSR count). The highest BCUT2D eigenvalue weighted by atomic mass is 19.1. The van der Waals surface area contributed by atoms with E-state index in [-0.39, 0.29) is 24.5 Å². The van der Waals surface area contributed by atoms with Gasteiger partial charge in [0.2, 0.25) is 0 Å². The molecule has 0 aliphatic rings. The first kappa shape index (κ1) is 16.4. The number of hydrogen-bond donors (Lipinski definition) is 0. The lowest BCUT2D eigenvalue weighted by molar-refractivity contribution is -0.385. The standard InChI is InChI=1S/C16H14FNO5/c1-22-15-7-6-11(8-13(15)17)9-16(19)23-10-12-4-2-3-5-14(12)18(20)21/h2-8H,9-10H2,1H3. The van der Waals surface area contributed by atoms with E-state index in [1.54, 1.807) is 12.1 Å². The fraction of sp³-hybridized carbons (Fsp3) is 0.188. The van der Waals surface area contributed by atoms with E-state index in [0.717, 1.165) is 0 Å². The zero-order chi connectivity index (χ0) is 16.8. The number of ether oxygens (including phenoxy) is 2. The van der Waals surface area contributed by atoms with Crippen LogP contribution in [0.3, 0.4) is 0 Å². The maximum Gasteiger partial charge on any atom is 0.310 e. The van der Waals surface area contributed by atoms with Crippen molar-refractivity contribution in [1.82, 2.24) is 0 Å². The summed E-state index contributed by atoms with van der Waals surface area (Å²) in [6.45, 7) is -0.214. The van der Waals surface area contributed by atoms with Gasteiger partial charge in [0.25, 0.3) is 5.69 Å². The number of hydrogen-bond acceptors (Lipinski definition) is 5. The van der Waals surface area contributed by atoms with Crippen molar-refractivity contribution in [3.63, 3.8) is 0 Å². The molecule has 2 aromatic carbocycles. The SMILES string of the molecule is COc1ccc(CC(=O)OCc2ccccc2[N+](=O)[O-])cc1F. The summed E-state index contributed by atoms with van der Waals surface area (Å²) in [6, 6.07) is 10.2. The predicted octanol–water partition coefficient (Wildman–Crippen LogP) is 3.03. The van der Waals surface area contributed by atoms with Gasteiger partial charge in [-0.15, -0.1) is 0 Å². The summed E-state index contributed by atoms with van der Waals surface area (Å²) in [6.07, 6.45) is -0.137. The van der Waals surface area contributed by atoms with Crippen molar-refractivity contribution in [3.8, 4) is 5.75 Å². The average Bonchev–Trinajstić information content (AvgIpc) is 2.53. The molecule has 0 fully saturated rings. The van der Waals surface area contributed by atoms with Crippen molar-refractivity contribution >= 4 is 11.7 Å². The van der Waals surface area contributed by atoms with Gasteiger partial charge in [0.15, 0.2) is 11.6 Å². The molecule has 0 unspecified atom stereocenters. The Hall–Kier alpha value is -2.96. The lowest BCUT2D eigenvalue weighted by Crippen LogP contribution is -2.09. The largest absolute Gasteiger partial charge is 0.494 e. The van der Waals surface area contributed by atoms with E-state index in [1.807, 2.05) is 0 Å². The van der Waals surface area contributed by atoms with Gasteiger partial charge in [0.1, 0.15) is 6.61 Å². The van der Waals surface area contributed by atoms with E-state index in [0.29, 0.717) is 11.1 Å². The Morgan fingerprint density at radius 2 is 2.00 bits per heavy atom. The summed E-state index contributed by atoms with van der Waals surface area (Å²) in [4.78, 5) is 22.1. The number of nitro benzene ring substituents is 1. The third kappa shape index (κ3) is 4.26. The molecule has 0 aromatic heterocycles. The van der Waals surface area contributed by atoms with Crippen LogP contribution in [0, 0.1) is 15.9 Å². The molecule has 0 aliphatic carbocycles. The highest BCUT2D eigenvalue weighted by molar-refractivity contribution is 5.72. The summed E-state index contributed by atoms with van der Waals surface area (Å²) in [5.41, 5.74) is 0.610. The zero-order valence-corrected chi connectivity index (χ0v) is 12.3. The molecule has 0 aliphatic heterocycles.